The summed E-state index contributed by atoms with van der Waals surface area (Å²) in [5.74, 6) is -3.24. The van der Waals surface area contributed by atoms with Gasteiger partial charge in [-0.25, -0.2) is 0 Å². The van der Waals surface area contributed by atoms with Gasteiger partial charge in [0.05, 0.1) is 0 Å². The number of halogens is 7. The van der Waals surface area contributed by atoms with E-state index in [1.54, 1.807) is 0 Å². The van der Waals surface area contributed by atoms with Gasteiger partial charge in [-0.1, -0.05) is 22.9 Å². The Hall–Kier alpha value is 0.0600. The highest BCUT2D eigenvalue weighted by Gasteiger charge is 2.56. The van der Waals surface area contributed by atoms with Crippen LogP contribution in [0.15, 0.2) is 0 Å². The molecule has 1 atom stereocenters. The van der Waals surface area contributed by atoms with Gasteiger partial charge in [0.1, 0.15) is 0 Å². The van der Waals surface area contributed by atoms with Crippen LogP contribution < -0.4 is 0 Å². The Bertz CT molecular complexity index is 143. The van der Waals surface area contributed by atoms with Gasteiger partial charge in [0, 0.05) is 4.83 Å². The van der Waals surface area contributed by atoms with Crippen molar-refractivity contribution in [3.63, 3.8) is 0 Å². The Labute approximate surface area is 79.4 Å². The monoisotopic (exact) mass is 272 g/mol. The Balaban J connectivity index is 4.58. The topological polar surface area (TPSA) is 0 Å². The van der Waals surface area contributed by atoms with E-state index in [1.807, 2.05) is 0 Å². The zero-order valence-electron chi connectivity index (χ0n) is 6.51. The fraction of sp³-hybridized carbons (Fsp3) is 1.00. The summed E-state index contributed by atoms with van der Waals surface area (Å²) in [6.07, 6.45) is -11.4. The lowest BCUT2D eigenvalue weighted by atomic mass is 10.0. The van der Waals surface area contributed by atoms with Gasteiger partial charge in [0.15, 0.2) is 5.92 Å². The first-order valence-corrected chi connectivity index (χ1v) is 4.24. The first kappa shape index (κ1) is 13.1. The maximum absolute atomic E-state index is 11.8. The molecule has 0 aliphatic rings. The SMILES string of the molecule is CC(Br)CC(C(F)(F)F)C(F)(F)F. The standard InChI is InChI=1S/C6H7BrF6/c1-3(7)2-4(5(8,9)10)6(11,12)13/h3-4H,2H2,1H3. The second-order valence-corrected chi connectivity index (χ2v) is 4.22. The fourth-order valence-corrected chi connectivity index (χ4v) is 1.15. The van der Waals surface area contributed by atoms with Crippen molar-refractivity contribution in [3.05, 3.63) is 0 Å². The van der Waals surface area contributed by atoms with Crippen molar-refractivity contribution in [3.8, 4) is 0 Å². The fourth-order valence-electron chi connectivity index (χ4n) is 0.778. The van der Waals surface area contributed by atoms with Crippen LogP contribution in [0.2, 0.25) is 0 Å². The summed E-state index contributed by atoms with van der Waals surface area (Å²) in [7, 11) is 0. The molecule has 1 unspecified atom stereocenters. The molecule has 0 rings (SSSR count). The Morgan fingerprint density at radius 1 is 1.00 bits per heavy atom. The molecular weight excluding hydrogens is 266 g/mol. The largest absolute Gasteiger partial charge is 0.400 e. The molecule has 0 aromatic rings. The molecule has 13 heavy (non-hydrogen) atoms. The third-order valence-corrected chi connectivity index (χ3v) is 1.72. The maximum atomic E-state index is 11.8. The molecule has 0 saturated carbocycles. The van der Waals surface area contributed by atoms with Gasteiger partial charge in [0.2, 0.25) is 0 Å². The molecular formula is C6H7BrF6. The van der Waals surface area contributed by atoms with Crippen LogP contribution in [0.3, 0.4) is 0 Å². The summed E-state index contributed by atoms with van der Waals surface area (Å²) in [6.45, 7) is 1.24. The van der Waals surface area contributed by atoms with Gasteiger partial charge in [-0.15, -0.1) is 0 Å². The average molecular weight is 273 g/mol. The molecule has 0 aliphatic carbocycles. The predicted molar refractivity (Wildman–Crippen MR) is 38.6 cm³/mol. The lowest BCUT2D eigenvalue weighted by Gasteiger charge is -2.23. The minimum atomic E-state index is -5.22. The first-order chi connectivity index (χ1) is 5.55. The van der Waals surface area contributed by atoms with Gasteiger partial charge in [-0.05, 0) is 6.42 Å². The van der Waals surface area contributed by atoms with E-state index in [9.17, 15) is 26.3 Å². The Kier molecular flexibility index (Phi) is 4.08. The third-order valence-electron chi connectivity index (χ3n) is 1.35. The molecule has 80 valence electrons. The number of hydrogen-bond donors (Lipinski definition) is 0. The molecule has 7 heteroatoms. The molecule has 0 spiro atoms. The average Bonchev–Trinajstić information content (AvgIpc) is 1.77. The summed E-state index contributed by atoms with van der Waals surface area (Å²) in [4.78, 5) is -0.819. The van der Waals surface area contributed by atoms with E-state index in [1.165, 1.54) is 6.92 Å². The lowest BCUT2D eigenvalue weighted by Crippen LogP contribution is -2.37. The van der Waals surface area contributed by atoms with Gasteiger partial charge < -0.3 is 0 Å². The van der Waals surface area contributed by atoms with Crippen LogP contribution in [0.1, 0.15) is 13.3 Å². The van der Waals surface area contributed by atoms with Crippen molar-refractivity contribution in [1.82, 2.24) is 0 Å². The van der Waals surface area contributed by atoms with Gasteiger partial charge in [-0.2, -0.15) is 26.3 Å². The second kappa shape index (κ2) is 4.06. The van der Waals surface area contributed by atoms with Crippen LogP contribution in [0, 0.1) is 5.92 Å². The zero-order chi connectivity index (χ0) is 10.9. The van der Waals surface area contributed by atoms with Crippen molar-refractivity contribution in [2.75, 3.05) is 0 Å². The van der Waals surface area contributed by atoms with Crippen LogP contribution in [-0.4, -0.2) is 17.2 Å². The summed E-state index contributed by atoms with van der Waals surface area (Å²) in [5, 5.41) is 0. The highest BCUT2D eigenvalue weighted by molar-refractivity contribution is 9.09. The predicted octanol–water partition coefficient (Wildman–Crippen LogP) is 3.90. The van der Waals surface area contributed by atoms with E-state index in [4.69, 9.17) is 0 Å². The van der Waals surface area contributed by atoms with Gasteiger partial charge >= 0.3 is 12.4 Å². The van der Waals surface area contributed by atoms with Gasteiger partial charge in [0.25, 0.3) is 0 Å². The van der Waals surface area contributed by atoms with Crippen molar-refractivity contribution < 1.29 is 26.3 Å². The van der Waals surface area contributed by atoms with Crippen LogP contribution in [0.4, 0.5) is 26.3 Å². The summed E-state index contributed by atoms with van der Waals surface area (Å²) < 4.78 is 71.0. The summed E-state index contributed by atoms with van der Waals surface area (Å²) >= 11 is 2.66. The molecule has 0 fully saturated rings. The summed E-state index contributed by atoms with van der Waals surface area (Å²) in [5.41, 5.74) is 0. The third kappa shape index (κ3) is 4.73. The summed E-state index contributed by atoms with van der Waals surface area (Å²) in [6, 6.07) is 0. The second-order valence-electron chi connectivity index (χ2n) is 2.65. The normalized spacial score (nSPS) is 16.4. The highest BCUT2D eigenvalue weighted by Crippen LogP contribution is 2.42. The van der Waals surface area contributed by atoms with Crippen LogP contribution >= 0.6 is 15.9 Å². The van der Waals surface area contributed by atoms with Crippen molar-refractivity contribution in [2.45, 2.75) is 30.5 Å². The molecule has 0 amide bonds. The lowest BCUT2D eigenvalue weighted by molar-refractivity contribution is -0.285. The van der Waals surface area contributed by atoms with E-state index in [0.717, 1.165) is 0 Å². The first-order valence-electron chi connectivity index (χ1n) is 3.32. The molecule has 0 aromatic carbocycles. The van der Waals surface area contributed by atoms with Crippen molar-refractivity contribution >= 4 is 15.9 Å². The zero-order valence-corrected chi connectivity index (χ0v) is 8.09. The van der Waals surface area contributed by atoms with E-state index >= 15 is 0 Å². The van der Waals surface area contributed by atoms with E-state index < -0.39 is 29.5 Å². The molecule has 0 aromatic heterocycles. The highest BCUT2D eigenvalue weighted by atomic mass is 79.9. The molecule has 0 N–H and O–H groups in total. The molecule has 0 nitrogen and oxygen atoms in total. The molecule has 0 bridgehead atoms. The van der Waals surface area contributed by atoms with E-state index in [-0.39, 0.29) is 0 Å². The molecule has 0 heterocycles. The number of hydrogen-bond acceptors (Lipinski definition) is 0. The quantitative estimate of drug-likeness (QED) is 0.528. The Morgan fingerprint density at radius 2 is 1.31 bits per heavy atom. The molecule has 0 saturated heterocycles. The van der Waals surface area contributed by atoms with Crippen LogP contribution in [-0.2, 0) is 0 Å². The smallest absolute Gasteiger partial charge is 0.170 e. The molecule has 0 radical (unpaired) electrons. The maximum Gasteiger partial charge on any atom is 0.400 e. The molecule has 0 aliphatic heterocycles. The minimum absolute atomic E-state index is 0.819. The Morgan fingerprint density at radius 3 is 1.38 bits per heavy atom. The van der Waals surface area contributed by atoms with E-state index in [0.29, 0.717) is 0 Å². The van der Waals surface area contributed by atoms with Crippen LogP contribution in [0.5, 0.6) is 0 Å². The van der Waals surface area contributed by atoms with Crippen LogP contribution in [0.25, 0.3) is 0 Å². The van der Waals surface area contributed by atoms with Crippen molar-refractivity contribution in [1.29, 1.82) is 0 Å². The van der Waals surface area contributed by atoms with Crippen molar-refractivity contribution in [2.24, 2.45) is 5.92 Å². The number of rotatable bonds is 2. The van der Waals surface area contributed by atoms with E-state index in [2.05, 4.69) is 15.9 Å². The van der Waals surface area contributed by atoms with Gasteiger partial charge in [-0.3, -0.25) is 0 Å². The number of alkyl halides is 7. The minimum Gasteiger partial charge on any atom is -0.170 e.